The summed E-state index contributed by atoms with van der Waals surface area (Å²) < 4.78 is 4.81. The molecule has 1 fully saturated rings. The molecule has 0 bridgehead atoms. The molecular weight excluding hydrogens is 256 g/mol. The van der Waals surface area contributed by atoms with E-state index >= 15 is 0 Å². The Kier molecular flexibility index (Phi) is 3.47. The van der Waals surface area contributed by atoms with E-state index in [1.807, 2.05) is 31.4 Å². The van der Waals surface area contributed by atoms with Crippen LogP contribution < -0.4 is 5.32 Å². The van der Waals surface area contributed by atoms with Crippen LogP contribution in [0.25, 0.3) is 0 Å². The third-order valence-electron chi connectivity index (χ3n) is 3.65. The Morgan fingerprint density at radius 3 is 3.10 bits per heavy atom. The van der Waals surface area contributed by atoms with Gasteiger partial charge < -0.3 is 14.7 Å². The zero-order valence-electron chi connectivity index (χ0n) is 11.2. The van der Waals surface area contributed by atoms with Crippen LogP contribution in [0.1, 0.15) is 23.7 Å². The zero-order valence-corrected chi connectivity index (χ0v) is 11.2. The third kappa shape index (κ3) is 2.42. The first-order valence-corrected chi connectivity index (χ1v) is 6.54. The molecule has 6 heteroatoms. The van der Waals surface area contributed by atoms with Crippen LogP contribution in [0.2, 0.25) is 0 Å². The van der Waals surface area contributed by atoms with Gasteiger partial charge in [0.2, 0.25) is 5.91 Å². The quantitative estimate of drug-likeness (QED) is 0.903. The number of nitrogens with one attached hydrogen (secondary N) is 1. The Labute approximate surface area is 116 Å². The lowest BCUT2D eigenvalue weighted by Gasteiger charge is -2.25. The largest absolute Gasteiger partial charge is 0.364 e. The number of likely N-dealkylation sites (tertiary alicyclic amines) is 1. The second-order valence-corrected chi connectivity index (χ2v) is 4.92. The van der Waals surface area contributed by atoms with Crippen molar-refractivity contribution in [2.75, 3.05) is 7.05 Å². The molecule has 1 saturated heterocycles. The van der Waals surface area contributed by atoms with E-state index in [-0.39, 0.29) is 18.0 Å². The van der Waals surface area contributed by atoms with Crippen LogP contribution >= 0.6 is 0 Å². The molecule has 104 valence electrons. The summed E-state index contributed by atoms with van der Waals surface area (Å²) >= 11 is 0. The molecule has 1 amide bonds. The van der Waals surface area contributed by atoms with Gasteiger partial charge in [-0.2, -0.15) is 0 Å². The van der Waals surface area contributed by atoms with Crippen LogP contribution in [0.5, 0.6) is 0 Å². The standard InChI is InChI=1S/C14H16N4O2/c1-18-13(19)7-12(16-9-11-4-6-20-17-11)14(18)10-3-2-5-15-8-10/h2-6,8,12,14,16H,7,9H2,1H3/t12-,14+/m1/s1. The number of hydrogen-bond acceptors (Lipinski definition) is 5. The van der Waals surface area contributed by atoms with Gasteiger partial charge in [0.1, 0.15) is 6.26 Å². The van der Waals surface area contributed by atoms with E-state index in [0.29, 0.717) is 13.0 Å². The van der Waals surface area contributed by atoms with Crippen LogP contribution in [0, 0.1) is 0 Å². The molecular formula is C14H16N4O2. The van der Waals surface area contributed by atoms with Crippen molar-refractivity contribution < 1.29 is 9.32 Å². The summed E-state index contributed by atoms with van der Waals surface area (Å²) in [6.07, 6.45) is 5.57. The molecule has 20 heavy (non-hydrogen) atoms. The summed E-state index contributed by atoms with van der Waals surface area (Å²) in [5.41, 5.74) is 1.87. The lowest BCUT2D eigenvalue weighted by Crippen LogP contribution is -2.34. The van der Waals surface area contributed by atoms with E-state index in [1.54, 1.807) is 17.4 Å². The number of pyridine rings is 1. The molecule has 2 aromatic rings. The molecule has 1 aliphatic heterocycles. The number of hydrogen-bond donors (Lipinski definition) is 1. The molecule has 0 unspecified atom stereocenters. The highest BCUT2D eigenvalue weighted by Gasteiger charge is 2.38. The van der Waals surface area contributed by atoms with Crippen LogP contribution in [-0.2, 0) is 11.3 Å². The van der Waals surface area contributed by atoms with Crippen LogP contribution in [0.4, 0.5) is 0 Å². The smallest absolute Gasteiger partial charge is 0.224 e. The fourth-order valence-electron chi connectivity index (χ4n) is 2.62. The van der Waals surface area contributed by atoms with E-state index in [0.717, 1.165) is 11.3 Å². The predicted octanol–water partition coefficient (Wildman–Crippen LogP) is 1.13. The van der Waals surface area contributed by atoms with E-state index in [4.69, 9.17) is 4.52 Å². The van der Waals surface area contributed by atoms with Gasteiger partial charge in [-0.25, -0.2) is 0 Å². The lowest BCUT2D eigenvalue weighted by atomic mass is 10.0. The average molecular weight is 272 g/mol. The Hall–Kier alpha value is -2.21. The second kappa shape index (κ2) is 5.42. The molecule has 2 atom stereocenters. The van der Waals surface area contributed by atoms with Gasteiger partial charge in [0, 0.05) is 44.5 Å². The van der Waals surface area contributed by atoms with Crippen molar-refractivity contribution in [1.82, 2.24) is 20.4 Å². The molecule has 1 N–H and O–H groups in total. The van der Waals surface area contributed by atoms with E-state index < -0.39 is 0 Å². The Bertz CT molecular complexity index is 570. The summed E-state index contributed by atoms with van der Waals surface area (Å²) in [4.78, 5) is 17.9. The zero-order chi connectivity index (χ0) is 13.9. The minimum Gasteiger partial charge on any atom is -0.364 e. The summed E-state index contributed by atoms with van der Waals surface area (Å²) in [5, 5.41) is 7.25. The number of likely N-dealkylation sites (N-methyl/N-ethyl adjacent to an activating group) is 1. The first kappa shape index (κ1) is 12.8. The predicted molar refractivity (Wildman–Crippen MR) is 71.5 cm³/mol. The van der Waals surface area contributed by atoms with Gasteiger partial charge in [0.15, 0.2) is 0 Å². The first-order valence-electron chi connectivity index (χ1n) is 6.54. The van der Waals surface area contributed by atoms with Crippen molar-refractivity contribution in [3.63, 3.8) is 0 Å². The van der Waals surface area contributed by atoms with Crippen molar-refractivity contribution in [3.05, 3.63) is 48.1 Å². The highest BCUT2D eigenvalue weighted by molar-refractivity contribution is 5.80. The summed E-state index contributed by atoms with van der Waals surface area (Å²) in [6.45, 7) is 0.582. The first-order chi connectivity index (χ1) is 9.75. The molecule has 0 aliphatic carbocycles. The highest BCUT2D eigenvalue weighted by Crippen LogP contribution is 2.31. The molecule has 0 saturated carbocycles. The molecule has 0 spiro atoms. The number of aromatic nitrogens is 2. The fraction of sp³-hybridized carbons (Fsp3) is 0.357. The van der Waals surface area contributed by atoms with Crippen LogP contribution in [0.3, 0.4) is 0 Å². The Balaban J connectivity index is 1.76. The molecule has 2 aromatic heterocycles. The molecule has 0 radical (unpaired) electrons. The molecule has 0 aromatic carbocycles. The third-order valence-corrected chi connectivity index (χ3v) is 3.65. The maximum atomic E-state index is 12.0. The average Bonchev–Trinajstić information content (AvgIpc) is 3.07. The number of carbonyl (C=O) groups is 1. The summed E-state index contributed by atoms with van der Waals surface area (Å²) in [7, 11) is 1.83. The van der Waals surface area contributed by atoms with Gasteiger partial charge in [-0.15, -0.1) is 0 Å². The Morgan fingerprint density at radius 1 is 1.50 bits per heavy atom. The second-order valence-electron chi connectivity index (χ2n) is 4.92. The topological polar surface area (TPSA) is 71.3 Å². The number of amides is 1. The van der Waals surface area contributed by atoms with E-state index in [1.165, 1.54) is 0 Å². The molecule has 6 nitrogen and oxygen atoms in total. The summed E-state index contributed by atoms with van der Waals surface area (Å²) in [6, 6.07) is 5.75. The van der Waals surface area contributed by atoms with Crippen molar-refractivity contribution in [3.8, 4) is 0 Å². The van der Waals surface area contributed by atoms with Gasteiger partial charge in [0.05, 0.1) is 11.7 Å². The van der Waals surface area contributed by atoms with Gasteiger partial charge >= 0.3 is 0 Å². The summed E-state index contributed by atoms with van der Waals surface area (Å²) in [5.74, 6) is 0.136. The fourth-order valence-corrected chi connectivity index (χ4v) is 2.62. The van der Waals surface area contributed by atoms with Gasteiger partial charge in [-0.1, -0.05) is 11.2 Å². The Morgan fingerprint density at radius 2 is 2.40 bits per heavy atom. The molecule has 3 rings (SSSR count). The molecule has 1 aliphatic rings. The van der Waals surface area contributed by atoms with Gasteiger partial charge in [-0.05, 0) is 11.6 Å². The van der Waals surface area contributed by atoms with Crippen molar-refractivity contribution in [2.24, 2.45) is 0 Å². The van der Waals surface area contributed by atoms with Crippen LogP contribution in [0.15, 0.2) is 41.4 Å². The van der Waals surface area contributed by atoms with Crippen molar-refractivity contribution in [2.45, 2.75) is 25.0 Å². The number of rotatable bonds is 4. The van der Waals surface area contributed by atoms with E-state index in [2.05, 4.69) is 15.5 Å². The minimum atomic E-state index is 0.00287. The van der Waals surface area contributed by atoms with Crippen molar-refractivity contribution in [1.29, 1.82) is 0 Å². The minimum absolute atomic E-state index is 0.00287. The van der Waals surface area contributed by atoms with Crippen molar-refractivity contribution >= 4 is 5.91 Å². The maximum absolute atomic E-state index is 12.0. The highest BCUT2D eigenvalue weighted by atomic mass is 16.5. The van der Waals surface area contributed by atoms with Gasteiger partial charge in [0.25, 0.3) is 0 Å². The lowest BCUT2D eigenvalue weighted by molar-refractivity contribution is -0.127. The maximum Gasteiger partial charge on any atom is 0.224 e. The monoisotopic (exact) mass is 272 g/mol. The number of nitrogens with zero attached hydrogens (tertiary/aromatic N) is 3. The van der Waals surface area contributed by atoms with Crippen LogP contribution in [-0.4, -0.2) is 34.0 Å². The van der Waals surface area contributed by atoms with E-state index in [9.17, 15) is 4.79 Å². The molecule has 3 heterocycles. The van der Waals surface area contributed by atoms with Gasteiger partial charge in [-0.3, -0.25) is 9.78 Å². The number of carbonyl (C=O) groups excluding carboxylic acids is 1. The normalized spacial score (nSPS) is 22.4. The SMILES string of the molecule is CN1C(=O)C[C@@H](NCc2ccon2)[C@@H]1c1cccnc1.